The number of benzene rings is 1. The predicted molar refractivity (Wildman–Crippen MR) is 135 cm³/mol. The summed E-state index contributed by atoms with van der Waals surface area (Å²) in [6.07, 6.45) is 3.09. The molecular weight excluding hydrogens is 545 g/mol. The molecular formula is C26H24IN3O4. The van der Waals surface area contributed by atoms with Gasteiger partial charge in [0.1, 0.15) is 11.5 Å². The summed E-state index contributed by atoms with van der Waals surface area (Å²) in [6.45, 7) is 4.05. The van der Waals surface area contributed by atoms with Gasteiger partial charge in [-0.1, -0.05) is 12.0 Å². The molecule has 1 aromatic carbocycles. The van der Waals surface area contributed by atoms with Gasteiger partial charge < -0.3 is 10.0 Å². The Bertz CT molecular complexity index is 1280. The van der Waals surface area contributed by atoms with Crippen LogP contribution in [0.15, 0.2) is 24.3 Å². The van der Waals surface area contributed by atoms with Gasteiger partial charge >= 0.3 is 11.9 Å². The van der Waals surface area contributed by atoms with E-state index in [1.165, 1.54) is 4.90 Å². The lowest BCUT2D eigenvalue weighted by atomic mass is 9.79. The minimum Gasteiger partial charge on any atom is -0.481 e. The number of carbonyl (C=O) groups excluding carboxylic acids is 2. The smallest absolute Gasteiger partial charge is 0.308 e. The van der Waals surface area contributed by atoms with E-state index in [1.54, 1.807) is 17.9 Å². The van der Waals surface area contributed by atoms with Crippen LogP contribution >= 0.6 is 22.6 Å². The summed E-state index contributed by atoms with van der Waals surface area (Å²) in [7, 11) is 0. The number of halogens is 1. The monoisotopic (exact) mass is 569 g/mol. The van der Waals surface area contributed by atoms with E-state index in [9.17, 15) is 19.5 Å². The molecule has 0 atom stereocenters. The number of carboxylic acids is 1. The number of hydrogen-bond acceptors (Lipinski definition) is 4. The van der Waals surface area contributed by atoms with Gasteiger partial charge in [-0.25, -0.2) is 4.98 Å². The molecule has 0 saturated heterocycles. The summed E-state index contributed by atoms with van der Waals surface area (Å²) in [5.41, 5.74) is 4.05. The van der Waals surface area contributed by atoms with Gasteiger partial charge in [0.15, 0.2) is 0 Å². The summed E-state index contributed by atoms with van der Waals surface area (Å²) in [6, 6.07) is 7.68. The third kappa shape index (κ3) is 3.96. The second kappa shape index (κ2) is 8.69. The zero-order valence-corrected chi connectivity index (χ0v) is 21.1. The maximum absolute atomic E-state index is 13.2. The Labute approximate surface area is 211 Å². The van der Waals surface area contributed by atoms with Crippen LogP contribution in [0.4, 0.5) is 11.5 Å². The standard InChI is InChI=1S/C26H24IN3O4/c1-3-4-23(31)30(21-9-14(2)20(27)12-19(21)15-5-6-15)22-8-7-16-13-29(25(32)24(16)28-22)18-10-17(11-18)26(33)34/h7-9,12,15,17-18H,5-6,10-11,13H2,1-2H3,(H,33,34)/t17-,18-. The molecule has 3 aliphatic rings. The maximum Gasteiger partial charge on any atom is 0.308 e. The van der Waals surface area contributed by atoms with E-state index in [-0.39, 0.29) is 17.9 Å². The third-order valence-corrected chi connectivity index (χ3v) is 8.06. The predicted octanol–water partition coefficient (Wildman–Crippen LogP) is 4.38. The van der Waals surface area contributed by atoms with Crippen LogP contribution in [0.3, 0.4) is 0 Å². The molecule has 2 aliphatic carbocycles. The number of hydrogen-bond donors (Lipinski definition) is 1. The largest absolute Gasteiger partial charge is 0.481 e. The molecule has 1 aromatic heterocycles. The molecule has 2 amide bonds. The summed E-state index contributed by atoms with van der Waals surface area (Å²) < 4.78 is 1.14. The van der Waals surface area contributed by atoms with Crippen molar-refractivity contribution >= 4 is 51.9 Å². The molecule has 174 valence electrons. The van der Waals surface area contributed by atoms with E-state index in [0.29, 0.717) is 36.8 Å². The number of pyridine rings is 1. The van der Waals surface area contributed by atoms with Gasteiger partial charge in [0.2, 0.25) is 0 Å². The molecule has 1 aliphatic heterocycles. The number of aryl methyl sites for hydroxylation is 1. The Kier molecular flexibility index (Phi) is 5.84. The number of aromatic nitrogens is 1. The Hall–Kier alpha value is -2.93. The van der Waals surface area contributed by atoms with Gasteiger partial charge in [0.05, 0.1) is 11.6 Å². The SMILES string of the molecule is CC#CC(=O)N(c1ccc2c(n1)C(=O)N([C@H]1C[C@H](C(=O)O)C1)C2)c1cc(C)c(I)cc1C1CC1. The van der Waals surface area contributed by atoms with Crippen molar-refractivity contribution in [3.05, 3.63) is 50.2 Å². The van der Waals surface area contributed by atoms with Crippen molar-refractivity contribution in [1.82, 2.24) is 9.88 Å². The Balaban J connectivity index is 1.52. The molecule has 1 N–H and O–H groups in total. The molecule has 0 spiro atoms. The topological polar surface area (TPSA) is 90.8 Å². The number of aliphatic carboxylic acids is 1. The van der Waals surface area contributed by atoms with Crippen molar-refractivity contribution in [3.8, 4) is 11.8 Å². The van der Waals surface area contributed by atoms with Crippen LogP contribution in [0.5, 0.6) is 0 Å². The first-order valence-electron chi connectivity index (χ1n) is 11.4. The highest BCUT2D eigenvalue weighted by Crippen LogP contribution is 2.47. The normalized spacial score (nSPS) is 20.8. The lowest BCUT2D eigenvalue weighted by molar-refractivity contribution is -0.146. The van der Waals surface area contributed by atoms with Crippen LogP contribution in [-0.4, -0.2) is 38.8 Å². The lowest BCUT2D eigenvalue weighted by Crippen LogP contribution is -2.47. The van der Waals surface area contributed by atoms with Gasteiger partial charge in [-0.05, 0) is 103 Å². The number of carbonyl (C=O) groups is 3. The molecule has 34 heavy (non-hydrogen) atoms. The van der Waals surface area contributed by atoms with Crippen LogP contribution in [-0.2, 0) is 16.1 Å². The highest BCUT2D eigenvalue weighted by molar-refractivity contribution is 14.1. The fourth-order valence-electron chi connectivity index (χ4n) is 4.74. The number of carboxylic acid groups (broad SMARTS) is 1. The number of amides is 2. The van der Waals surface area contributed by atoms with Crippen LogP contribution in [0.1, 0.15) is 65.7 Å². The van der Waals surface area contributed by atoms with Crippen molar-refractivity contribution in [2.24, 2.45) is 5.92 Å². The van der Waals surface area contributed by atoms with Gasteiger partial charge in [0.25, 0.3) is 5.91 Å². The first-order valence-corrected chi connectivity index (χ1v) is 12.5. The van der Waals surface area contributed by atoms with Gasteiger partial charge in [-0.2, -0.15) is 0 Å². The lowest BCUT2D eigenvalue weighted by Gasteiger charge is -2.38. The minimum atomic E-state index is -0.814. The molecule has 2 aromatic rings. The number of anilines is 2. The zero-order chi connectivity index (χ0) is 24.1. The molecule has 2 saturated carbocycles. The average molecular weight is 569 g/mol. The van der Waals surface area contributed by atoms with Crippen molar-refractivity contribution < 1.29 is 19.5 Å². The van der Waals surface area contributed by atoms with Gasteiger partial charge in [0, 0.05) is 21.7 Å². The average Bonchev–Trinajstić information content (AvgIpc) is 3.55. The van der Waals surface area contributed by atoms with Crippen LogP contribution in [0.2, 0.25) is 0 Å². The quantitative estimate of drug-likeness (QED) is 0.427. The first kappa shape index (κ1) is 22.8. The van der Waals surface area contributed by atoms with Gasteiger partial charge in [-0.3, -0.25) is 19.3 Å². The van der Waals surface area contributed by atoms with Crippen molar-refractivity contribution in [3.63, 3.8) is 0 Å². The fraction of sp³-hybridized carbons (Fsp3) is 0.385. The molecule has 0 radical (unpaired) electrons. The number of nitrogens with zero attached hydrogens (tertiary/aromatic N) is 3. The molecule has 0 bridgehead atoms. The number of fused-ring (bicyclic) bond motifs is 1. The molecule has 0 unspecified atom stereocenters. The summed E-state index contributed by atoms with van der Waals surface area (Å²) in [5.74, 6) is 4.32. The number of rotatable bonds is 5. The highest BCUT2D eigenvalue weighted by Gasteiger charge is 2.43. The summed E-state index contributed by atoms with van der Waals surface area (Å²) in [4.78, 5) is 45.5. The van der Waals surface area contributed by atoms with Crippen molar-refractivity contribution in [2.75, 3.05) is 4.90 Å². The summed E-state index contributed by atoms with van der Waals surface area (Å²) in [5, 5.41) is 9.17. The van der Waals surface area contributed by atoms with E-state index in [4.69, 9.17) is 0 Å². The zero-order valence-electron chi connectivity index (χ0n) is 19.0. The fourth-order valence-corrected chi connectivity index (χ4v) is 5.23. The van der Waals surface area contributed by atoms with Crippen molar-refractivity contribution in [2.45, 2.75) is 58.0 Å². The Morgan fingerprint density at radius 1 is 1.24 bits per heavy atom. The van der Waals surface area contributed by atoms with E-state index >= 15 is 0 Å². The summed E-state index contributed by atoms with van der Waals surface area (Å²) >= 11 is 2.32. The molecule has 7 nitrogen and oxygen atoms in total. The van der Waals surface area contributed by atoms with E-state index in [1.807, 2.05) is 19.1 Å². The Morgan fingerprint density at radius 3 is 2.62 bits per heavy atom. The minimum absolute atomic E-state index is 0.0877. The molecule has 2 heterocycles. The third-order valence-electron chi connectivity index (χ3n) is 6.90. The second-order valence-electron chi connectivity index (χ2n) is 9.22. The highest BCUT2D eigenvalue weighted by atomic mass is 127. The van der Waals surface area contributed by atoms with E-state index in [2.05, 4.69) is 45.5 Å². The van der Waals surface area contributed by atoms with E-state index in [0.717, 1.165) is 38.8 Å². The van der Waals surface area contributed by atoms with E-state index < -0.39 is 11.9 Å². The maximum atomic E-state index is 13.2. The van der Waals surface area contributed by atoms with Crippen LogP contribution in [0.25, 0.3) is 0 Å². The first-order chi connectivity index (χ1) is 16.3. The van der Waals surface area contributed by atoms with Gasteiger partial charge in [-0.15, -0.1) is 0 Å². The second-order valence-corrected chi connectivity index (χ2v) is 10.4. The van der Waals surface area contributed by atoms with Crippen LogP contribution in [0, 0.1) is 28.3 Å². The van der Waals surface area contributed by atoms with Crippen molar-refractivity contribution in [1.29, 1.82) is 0 Å². The Morgan fingerprint density at radius 2 is 1.97 bits per heavy atom. The molecule has 5 rings (SSSR count). The molecule has 8 heteroatoms. The molecule has 2 fully saturated rings. The van der Waals surface area contributed by atoms with Crippen LogP contribution < -0.4 is 4.90 Å².